The largest absolute Gasteiger partial charge is 0.452 e. The number of anilines is 1. The van der Waals surface area contributed by atoms with Crippen molar-refractivity contribution < 1.29 is 22.7 Å². The standard InChI is InChI=1S/C22H23NO5S/c1-15-11-16(2)21(17(3)12-15)22(25)28-13-20(24)23(18-7-5-4-6-8-18)19-9-10-29(26,27)14-19/h4-12,19H,13-14H2,1-3H3/t19-/m1/s1. The second kappa shape index (κ2) is 8.21. The SMILES string of the molecule is Cc1cc(C)c(C(=O)OCC(=O)N(c2ccccc2)[C@@H]2C=CS(=O)(=O)C2)c(C)c1. The van der Waals surface area contributed by atoms with Gasteiger partial charge in [0.1, 0.15) is 0 Å². The molecule has 0 bridgehead atoms. The number of sulfone groups is 1. The molecule has 7 heteroatoms. The van der Waals surface area contributed by atoms with E-state index in [1.165, 1.54) is 11.0 Å². The molecule has 0 N–H and O–H groups in total. The number of amides is 1. The Labute approximate surface area is 170 Å². The Morgan fingerprint density at radius 2 is 1.69 bits per heavy atom. The highest BCUT2D eigenvalue weighted by atomic mass is 32.2. The van der Waals surface area contributed by atoms with E-state index in [-0.39, 0.29) is 5.75 Å². The average molecular weight is 413 g/mol. The quantitative estimate of drug-likeness (QED) is 0.704. The summed E-state index contributed by atoms with van der Waals surface area (Å²) in [6.07, 6.45) is 1.48. The second-order valence-corrected chi connectivity index (χ2v) is 9.11. The van der Waals surface area contributed by atoms with E-state index in [0.29, 0.717) is 11.3 Å². The maximum absolute atomic E-state index is 12.9. The van der Waals surface area contributed by atoms with Gasteiger partial charge >= 0.3 is 5.97 Å². The van der Waals surface area contributed by atoms with Crippen molar-refractivity contribution in [2.45, 2.75) is 26.8 Å². The number of carbonyl (C=O) groups is 2. The normalized spacial score (nSPS) is 17.1. The molecule has 0 unspecified atom stereocenters. The summed E-state index contributed by atoms with van der Waals surface area (Å²) in [5.74, 6) is -1.26. The van der Waals surface area contributed by atoms with Crippen LogP contribution in [-0.4, -0.2) is 38.7 Å². The Hall–Kier alpha value is -2.93. The smallest absolute Gasteiger partial charge is 0.339 e. The molecule has 1 aliphatic rings. The van der Waals surface area contributed by atoms with E-state index in [1.807, 2.05) is 32.9 Å². The van der Waals surface area contributed by atoms with Crippen molar-refractivity contribution in [1.29, 1.82) is 0 Å². The van der Waals surface area contributed by atoms with E-state index in [2.05, 4.69) is 0 Å². The molecule has 1 aliphatic heterocycles. The minimum Gasteiger partial charge on any atom is -0.452 e. The molecule has 29 heavy (non-hydrogen) atoms. The van der Waals surface area contributed by atoms with Crippen LogP contribution in [0.5, 0.6) is 0 Å². The summed E-state index contributed by atoms with van der Waals surface area (Å²) in [6, 6.07) is 11.9. The van der Waals surface area contributed by atoms with E-state index in [0.717, 1.165) is 22.1 Å². The number of nitrogens with zero attached hydrogens (tertiary/aromatic N) is 1. The van der Waals surface area contributed by atoms with Crippen LogP contribution in [0.1, 0.15) is 27.0 Å². The summed E-state index contributed by atoms with van der Waals surface area (Å²) < 4.78 is 29.0. The molecule has 0 saturated heterocycles. The number of hydrogen-bond acceptors (Lipinski definition) is 5. The Kier molecular flexibility index (Phi) is 5.88. The van der Waals surface area contributed by atoms with Crippen LogP contribution in [0.25, 0.3) is 0 Å². The second-order valence-electron chi connectivity index (χ2n) is 7.17. The van der Waals surface area contributed by atoms with E-state index >= 15 is 0 Å². The van der Waals surface area contributed by atoms with Crippen molar-refractivity contribution in [2.24, 2.45) is 0 Å². The molecule has 2 aromatic rings. The van der Waals surface area contributed by atoms with Crippen LogP contribution < -0.4 is 4.90 Å². The number of esters is 1. The lowest BCUT2D eigenvalue weighted by Crippen LogP contribution is -2.43. The Balaban J connectivity index is 1.79. The zero-order chi connectivity index (χ0) is 21.2. The van der Waals surface area contributed by atoms with Crippen LogP contribution >= 0.6 is 0 Å². The Bertz CT molecular complexity index is 1050. The van der Waals surface area contributed by atoms with Gasteiger partial charge in [-0.1, -0.05) is 35.9 Å². The lowest BCUT2D eigenvalue weighted by Gasteiger charge is -2.27. The summed E-state index contributed by atoms with van der Waals surface area (Å²) in [5.41, 5.74) is 3.59. The lowest BCUT2D eigenvalue weighted by atomic mass is 10.00. The topological polar surface area (TPSA) is 80.8 Å². The predicted molar refractivity (Wildman–Crippen MR) is 112 cm³/mol. The number of para-hydroxylation sites is 1. The third-order valence-electron chi connectivity index (χ3n) is 4.75. The van der Waals surface area contributed by atoms with Crippen molar-refractivity contribution in [3.63, 3.8) is 0 Å². The van der Waals surface area contributed by atoms with Crippen molar-refractivity contribution >= 4 is 27.4 Å². The number of carbonyl (C=O) groups excluding carboxylic acids is 2. The third kappa shape index (κ3) is 4.74. The molecule has 6 nitrogen and oxygen atoms in total. The molecule has 2 aromatic carbocycles. The first-order valence-electron chi connectivity index (χ1n) is 9.21. The molecule has 0 spiro atoms. The molecule has 1 atom stereocenters. The molecule has 0 aromatic heterocycles. The maximum atomic E-state index is 12.9. The van der Waals surface area contributed by atoms with E-state index in [1.54, 1.807) is 30.3 Å². The van der Waals surface area contributed by atoms with E-state index in [9.17, 15) is 18.0 Å². The number of aryl methyl sites for hydroxylation is 3. The fourth-order valence-corrected chi connectivity index (χ4v) is 4.87. The number of benzene rings is 2. The summed E-state index contributed by atoms with van der Waals surface area (Å²) in [7, 11) is -3.35. The van der Waals surface area contributed by atoms with Gasteiger partial charge in [-0.2, -0.15) is 0 Å². The van der Waals surface area contributed by atoms with Crippen LogP contribution in [0.15, 0.2) is 53.9 Å². The molecule has 0 saturated carbocycles. The van der Waals surface area contributed by atoms with Gasteiger partial charge in [-0.05, 0) is 50.1 Å². The van der Waals surface area contributed by atoms with Crippen LogP contribution in [0.3, 0.4) is 0 Å². The fraction of sp³-hybridized carbons (Fsp3) is 0.273. The molecule has 152 valence electrons. The van der Waals surface area contributed by atoms with Gasteiger partial charge in [-0.25, -0.2) is 13.2 Å². The molecule has 0 aliphatic carbocycles. The zero-order valence-corrected chi connectivity index (χ0v) is 17.4. The Morgan fingerprint density at radius 3 is 2.24 bits per heavy atom. The van der Waals surface area contributed by atoms with Crippen LogP contribution in [-0.2, 0) is 19.4 Å². The molecular formula is C22H23NO5S. The third-order valence-corrected chi connectivity index (χ3v) is 6.13. The Morgan fingerprint density at radius 1 is 1.07 bits per heavy atom. The van der Waals surface area contributed by atoms with Crippen LogP contribution in [0.4, 0.5) is 5.69 Å². The molecule has 3 rings (SSSR count). The van der Waals surface area contributed by atoms with E-state index < -0.39 is 34.4 Å². The fourth-order valence-electron chi connectivity index (χ4n) is 3.60. The van der Waals surface area contributed by atoms with Crippen LogP contribution in [0, 0.1) is 20.8 Å². The van der Waals surface area contributed by atoms with Gasteiger partial charge in [0.05, 0.1) is 17.4 Å². The van der Waals surface area contributed by atoms with Gasteiger partial charge in [0, 0.05) is 11.1 Å². The van der Waals surface area contributed by atoms with Crippen LogP contribution in [0.2, 0.25) is 0 Å². The summed E-state index contributed by atoms with van der Waals surface area (Å²) in [4.78, 5) is 26.9. The van der Waals surface area contributed by atoms with Crippen molar-refractivity contribution in [1.82, 2.24) is 0 Å². The maximum Gasteiger partial charge on any atom is 0.339 e. The molecular weight excluding hydrogens is 390 g/mol. The predicted octanol–water partition coefficient (Wildman–Crippen LogP) is 3.11. The van der Waals surface area contributed by atoms with Crippen molar-refractivity contribution in [2.75, 3.05) is 17.3 Å². The van der Waals surface area contributed by atoms with Gasteiger partial charge in [0.15, 0.2) is 16.4 Å². The lowest BCUT2D eigenvalue weighted by molar-refractivity contribution is -0.121. The number of hydrogen-bond donors (Lipinski definition) is 0. The first-order valence-corrected chi connectivity index (χ1v) is 10.9. The number of ether oxygens (including phenoxy) is 1. The van der Waals surface area contributed by atoms with Gasteiger partial charge in [-0.3, -0.25) is 4.79 Å². The average Bonchev–Trinajstić information content (AvgIpc) is 2.99. The monoisotopic (exact) mass is 413 g/mol. The molecule has 0 fully saturated rings. The number of rotatable bonds is 5. The first kappa shape index (κ1) is 20.8. The molecule has 1 amide bonds. The highest BCUT2D eigenvalue weighted by Crippen LogP contribution is 2.23. The summed E-state index contributed by atoms with van der Waals surface area (Å²) in [5, 5.41) is 1.12. The van der Waals surface area contributed by atoms with Crippen molar-refractivity contribution in [3.05, 3.63) is 76.2 Å². The molecule has 1 heterocycles. The van der Waals surface area contributed by atoms with Crippen molar-refractivity contribution in [3.8, 4) is 0 Å². The summed E-state index contributed by atoms with van der Waals surface area (Å²) in [6.45, 7) is 5.11. The molecule has 0 radical (unpaired) electrons. The minimum atomic E-state index is -3.35. The highest BCUT2D eigenvalue weighted by Gasteiger charge is 2.32. The van der Waals surface area contributed by atoms with E-state index in [4.69, 9.17) is 4.74 Å². The van der Waals surface area contributed by atoms with Gasteiger partial charge in [0.25, 0.3) is 5.91 Å². The highest BCUT2D eigenvalue weighted by molar-refractivity contribution is 7.94. The minimum absolute atomic E-state index is 0.197. The summed E-state index contributed by atoms with van der Waals surface area (Å²) >= 11 is 0. The van der Waals surface area contributed by atoms with Gasteiger partial charge in [-0.15, -0.1) is 0 Å². The van der Waals surface area contributed by atoms with Gasteiger partial charge in [0.2, 0.25) is 0 Å². The first-order chi connectivity index (χ1) is 13.7. The zero-order valence-electron chi connectivity index (χ0n) is 16.6. The van der Waals surface area contributed by atoms with Gasteiger partial charge < -0.3 is 9.64 Å².